The van der Waals surface area contributed by atoms with Crippen LogP contribution in [0.4, 0.5) is 0 Å². The molecular weight excluding hydrogens is 577 g/mol. The highest BCUT2D eigenvalue weighted by atomic mass is 32.2. The van der Waals surface area contributed by atoms with Crippen molar-refractivity contribution in [2.45, 2.75) is 159 Å². The zero-order valence-corrected chi connectivity index (χ0v) is 31.6. The molecular formula is C39H62NO2PS. The number of hydrogen-bond acceptors (Lipinski definition) is 2. The van der Waals surface area contributed by atoms with Gasteiger partial charge >= 0.3 is 0 Å². The van der Waals surface area contributed by atoms with Crippen molar-refractivity contribution < 1.29 is 8.95 Å². The molecule has 2 atom stereocenters. The molecule has 0 radical (unpaired) electrons. The lowest BCUT2D eigenvalue weighted by Crippen LogP contribution is -2.40. The molecule has 2 aromatic carbocycles. The van der Waals surface area contributed by atoms with Gasteiger partial charge in [-0.25, -0.2) is 8.51 Å². The van der Waals surface area contributed by atoms with Gasteiger partial charge in [-0.15, -0.1) is 0 Å². The van der Waals surface area contributed by atoms with E-state index in [1.54, 1.807) is 5.30 Å². The number of benzene rings is 2. The summed E-state index contributed by atoms with van der Waals surface area (Å²) in [5.74, 6) is 0.993. The van der Waals surface area contributed by atoms with Gasteiger partial charge in [-0.2, -0.15) is 0 Å². The van der Waals surface area contributed by atoms with Crippen LogP contribution < -0.4 is 10.0 Å². The molecule has 0 aliphatic heterocycles. The molecule has 0 saturated heterocycles. The number of hydrogen-bond donors (Lipinski definition) is 0. The molecule has 0 N–H and O–H groups in total. The molecule has 2 saturated carbocycles. The lowest BCUT2D eigenvalue weighted by Gasteiger charge is -2.42. The van der Waals surface area contributed by atoms with Crippen molar-refractivity contribution in [1.29, 1.82) is 0 Å². The van der Waals surface area contributed by atoms with E-state index in [1.807, 2.05) is 7.11 Å². The summed E-state index contributed by atoms with van der Waals surface area (Å²) in [7, 11) is 2.39. The van der Waals surface area contributed by atoms with Gasteiger partial charge < -0.3 is 4.74 Å². The number of ether oxygens (including phenoxy) is 1. The van der Waals surface area contributed by atoms with E-state index in [9.17, 15) is 4.21 Å². The van der Waals surface area contributed by atoms with E-state index in [4.69, 9.17) is 4.74 Å². The number of methoxy groups -OCH3 is 1. The molecule has 0 aromatic heterocycles. The molecule has 0 bridgehead atoms. The van der Waals surface area contributed by atoms with Crippen LogP contribution in [-0.4, -0.2) is 38.7 Å². The first kappa shape index (κ1) is 35.6. The topological polar surface area (TPSA) is 29.5 Å². The minimum atomic E-state index is -1.20. The van der Waals surface area contributed by atoms with Gasteiger partial charge in [0.25, 0.3) is 0 Å². The van der Waals surface area contributed by atoms with E-state index in [1.165, 1.54) is 86.5 Å². The van der Waals surface area contributed by atoms with E-state index < -0.39 is 11.0 Å². The van der Waals surface area contributed by atoms with E-state index in [-0.39, 0.29) is 29.5 Å². The van der Waals surface area contributed by atoms with Gasteiger partial charge in [0.05, 0.1) is 17.9 Å². The second kappa shape index (κ2) is 14.3. The average Bonchev–Trinajstić information content (AvgIpc) is 2.97. The third-order valence-corrected chi connectivity index (χ3v) is 15.2. The second-order valence-electron chi connectivity index (χ2n) is 16.5. The van der Waals surface area contributed by atoms with Crippen molar-refractivity contribution in [2.75, 3.05) is 14.2 Å². The highest BCUT2D eigenvalue weighted by Crippen LogP contribution is 2.56. The Morgan fingerprint density at radius 2 is 1.23 bits per heavy atom. The fraction of sp³-hybridized carbons (Fsp3) is 0.692. The summed E-state index contributed by atoms with van der Waals surface area (Å²) in [6, 6.07) is 14.0. The molecule has 0 spiro atoms. The van der Waals surface area contributed by atoms with E-state index in [0.717, 1.165) is 17.1 Å². The maximum Gasteiger partial charge on any atom is 0.126 e. The van der Waals surface area contributed by atoms with Crippen LogP contribution in [0, 0.1) is 0 Å². The van der Waals surface area contributed by atoms with Crippen LogP contribution in [0.25, 0.3) is 0 Å². The molecule has 246 valence electrons. The first-order chi connectivity index (χ1) is 20.6. The highest BCUT2D eigenvalue weighted by Gasteiger charge is 2.39. The standard InChI is InChI=1S/C39H62NO2PS/c1-37(2,3)32-26-28(27-33(36(32)42-11)38(4,5)6)35(40(10)44(41)39(7,8)9)31-24-18-19-25-34(31)43(29-20-14-12-15-21-29)30-22-16-13-17-23-30/h18-19,24-27,29-30,35H,12-17,20-23H2,1-11H3/t35-,44-/m1/s1. The van der Waals surface area contributed by atoms with E-state index in [0.29, 0.717) is 0 Å². The molecule has 44 heavy (non-hydrogen) atoms. The number of nitrogens with zero attached hydrogens (tertiary/aromatic N) is 1. The van der Waals surface area contributed by atoms with Crippen molar-refractivity contribution in [2.24, 2.45) is 0 Å². The van der Waals surface area contributed by atoms with Gasteiger partial charge in [-0.1, -0.05) is 112 Å². The SMILES string of the molecule is COc1c(C(C)(C)C)cc([C@H](c2ccccc2P(C2CCCCC2)C2CCCCC2)N(C)[S@](=O)C(C)(C)C)cc1C(C)(C)C. The first-order valence-corrected chi connectivity index (χ1v) is 19.9. The van der Waals surface area contributed by atoms with Gasteiger partial charge in [0.15, 0.2) is 0 Å². The van der Waals surface area contributed by atoms with Gasteiger partial charge in [0, 0.05) is 18.2 Å². The maximum absolute atomic E-state index is 14.3. The van der Waals surface area contributed by atoms with Crippen molar-refractivity contribution in [1.82, 2.24) is 4.31 Å². The van der Waals surface area contributed by atoms with Crippen molar-refractivity contribution in [3.63, 3.8) is 0 Å². The molecule has 0 unspecified atom stereocenters. The Labute approximate surface area is 274 Å². The van der Waals surface area contributed by atoms with Crippen LogP contribution in [0.1, 0.15) is 155 Å². The van der Waals surface area contributed by atoms with Gasteiger partial charge in [-0.05, 0) is 97.2 Å². The van der Waals surface area contributed by atoms with Crippen molar-refractivity contribution in [3.8, 4) is 5.75 Å². The minimum Gasteiger partial charge on any atom is -0.496 e. The highest BCUT2D eigenvalue weighted by molar-refractivity contribution is 7.84. The summed E-state index contributed by atoms with van der Waals surface area (Å²) < 4.78 is 22.3. The number of rotatable bonds is 8. The molecule has 2 fully saturated rings. The zero-order valence-electron chi connectivity index (χ0n) is 29.9. The Morgan fingerprint density at radius 1 is 0.773 bits per heavy atom. The molecule has 2 aromatic rings. The quantitative estimate of drug-likeness (QED) is 0.269. The fourth-order valence-electron chi connectivity index (χ4n) is 7.62. The normalized spacial score (nSPS) is 19.4. The van der Waals surface area contributed by atoms with Crippen LogP contribution in [-0.2, 0) is 21.8 Å². The minimum absolute atomic E-state index is 0.107. The summed E-state index contributed by atoms with van der Waals surface area (Å²) in [4.78, 5) is 0. The third-order valence-electron chi connectivity index (χ3n) is 9.84. The van der Waals surface area contributed by atoms with Crippen molar-refractivity contribution in [3.05, 3.63) is 58.7 Å². The molecule has 2 aliphatic carbocycles. The van der Waals surface area contributed by atoms with Crippen LogP contribution >= 0.6 is 7.92 Å². The van der Waals surface area contributed by atoms with Gasteiger partial charge in [-0.3, -0.25) is 0 Å². The van der Waals surface area contributed by atoms with E-state index in [2.05, 4.69) is 110 Å². The Kier molecular flexibility index (Phi) is 11.6. The molecule has 0 heterocycles. The Bertz CT molecular complexity index is 1220. The molecule has 0 amide bonds. The smallest absolute Gasteiger partial charge is 0.126 e. The summed E-state index contributed by atoms with van der Waals surface area (Å²) in [5.41, 5.74) is 6.44. The molecule has 5 heteroatoms. The van der Waals surface area contributed by atoms with Crippen LogP contribution in [0.3, 0.4) is 0 Å². The van der Waals surface area contributed by atoms with Crippen molar-refractivity contribution >= 4 is 24.2 Å². The Hall–Kier alpha value is -1.22. The van der Waals surface area contributed by atoms with Gasteiger partial charge in [0.1, 0.15) is 16.7 Å². The summed E-state index contributed by atoms with van der Waals surface area (Å²) >= 11 is 0. The average molecular weight is 640 g/mol. The van der Waals surface area contributed by atoms with Crippen LogP contribution in [0.5, 0.6) is 5.75 Å². The molecule has 3 nitrogen and oxygen atoms in total. The predicted octanol–water partition coefficient (Wildman–Crippen LogP) is 10.5. The van der Waals surface area contributed by atoms with Crippen LogP contribution in [0.15, 0.2) is 36.4 Å². The maximum atomic E-state index is 14.3. The van der Waals surface area contributed by atoms with Crippen LogP contribution in [0.2, 0.25) is 0 Å². The molecule has 2 aliphatic rings. The second-order valence-corrected chi connectivity index (χ2v) is 21.6. The monoisotopic (exact) mass is 639 g/mol. The first-order valence-electron chi connectivity index (χ1n) is 17.3. The third kappa shape index (κ3) is 8.01. The molecule has 4 rings (SSSR count). The lowest BCUT2D eigenvalue weighted by atomic mass is 9.77. The largest absolute Gasteiger partial charge is 0.496 e. The fourth-order valence-corrected chi connectivity index (χ4v) is 12.9. The Morgan fingerprint density at radius 3 is 1.64 bits per heavy atom. The van der Waals surface area contributed by atoms with Gasteiger partial charge in [0.2, 0.25) is 0 Å². The lowest BCUT2D eigenvalue weighted by molar-refractivity contribution is 0.379. The summed E-state index contributed by atoms with van der Waals surface area (Å²) in [5, 5.41) is 1.58. The Balaban J connectivity index is 2.02. The summed E-state index contributed by atoms with van der Waals surface area (Å²) in [6.45, 7) is 20.0. The summed E-state index contributed by atoms with van der Waals surface area (Å²) in [6.07, 6.45) is 13.8. The van der Waals surface area contributed by atoms with E-state index >= 15 is 0 Å². The predicted molar refractivity (Wildman–Crippen MR) is 195 cm³/mol. The zero-order chi connectivity index (χ0) is 32.4.